The van der Waals surface area contributed by atoms with Crippen LogP contribution in [0.5, 0.6) is 0 Å². The number of aliphatic hydroxyl groups is 1. The van der Waals surface area contributed by atoms with Crippen molar-refractivity contribution in [2.75, 3.05) is 6.61 Å². The maximum atomic E-state index is 12.4. The molecule has 0 aromatic heterocycles. The van der Waals surface area contributed by atoms with Crippen LogP contribution in [-0.2, 0) is 10.7 Å². The fraction of sp³-hybridized carbons (Fsp3) is 0.375. The largest absolute Gasteiger partial charge is 0.394 e. The van der Waals surface area contributed by atoms with Crippen molar-refractivity contribution in [3.8, 4) is 0 Å². The number of benzene rings is 1. The van der Waals surface area contributed by atoms with Gasteiger partial charge in [-0.2, -0.15) is 5.06 Å². The topological polar surface area (TPSA) is 62.1 Å². The Balaban J connectivity index is 2.28. The Morgan fingerprint density at radius 3 is 2.68 bits per heavy atom. The zero-order valence-electron chi connectivity index (χ0n) is 12.8. The van der Waals surface area contributed by atoms with E-state index in [1.807, 2.05) is 13.0 Å². The first-order valence-electron chi connectivity index (χ1n) is 6.98. The molecular weight excluding hydrogens is 304 g/mol. The molecule has 0 aliphatic carbocycles. The highest BCUT2D eigenvalue weighted by Crippen LogP contribution is 2.23. The van der Waals surface area contributed by atoms with Gasteiger partial charge in [0.25, 0.3) is 0 Å². The molecule has 1 aromatic carbocycles. The number of halogens is 1. The third-order valence-electron chi connectivity index (χ3n) is 3.70. The third-order valence-corrected chi connectivity index (χ3v) is 3.99. The summed E-state index contributed by atoms with van der Waals surface area (Å²) in [4.78, 5) is 22.3. The minimum atomic E-state index is -0.503. The lowest BCUT2D eigenvalue weighted by Gasteiger charge is -2.34. The molecule has 0 saturated heterocycles. The Morgan fingerprint density at radius 1 is 1.36 bits per heavy atom. The Labute approximate surface area is 134 Å². The van der Waals surface area contributed by atoms with Crippen molar-refractivity contribution in [3.05, 3.63) is 46.8 Å². The number of allylic oxidation sites excluding steroid dienone is 2. The SMILES string of the molecule is CC1=NC(C)=C(C)N(OC(=O)c2ccccc2CCl)C1CO. The molecule has 0 amide bonds. The van der Waals surface area contributed by atoms with Crippen LogP contribution in [0.25, 0.3) is 0 Å². The lowest BCUT2D eigenvalue weighted by atomic mass is 10.1. The average Bonchev–Trinajstić information content (AvgIpc) is 2.52. The molecule has 1 aliphatic rings. The first kappa shape index (κ1) is 16.5. The molecule has 118 valence electrons. The highest BCUT2D eigenvalue weighted by Gasteiger charge is 2.30. The van der Waals surface area contributed by atoms with Crippen LogP contribution >= 0.6 is 11.6 Å². The Bertz CT molecular complexity index is 640. The van der Waals surface area contributed by atoms with E-state index in [1.54, 1.807) is 32.0 Å². The summed E-state index contributed by atoms with van der Waals surface area (Å²) in [5, 5.41) is 11.0. The summed E-state index contributed by atoms with van der Waals surface area (Å²) in [5.41, 5.74) is 3.27. The number of carbonyl (C=O) groups excluding carboxylic acids is 1. The van der Waals surface area contributed by atoms with E-state index < -0.39 is 12.0 Å². The van der Waals surface area contributed by atoms with Gasteiger partial charge in [-0.05, 0) is 32.4 Å². The fourth-order valence-electron chi connectivity index (χ4n) is 2.30. The second kappa shape index (κ2) is 6.94. The highest BCUT2D eigenvalue weighted by molar-refractivity contribution is 6.17. The van der Waals surface area contributed by atoms with Crippen LogP contribution in [0.1, 0.15) is 36.7 Å². The van der Waals surface area contributed by atoms with Crippen molar-refractivity contribution in [2.24, 2.45) is 4.99 Å². The van der Waals surface area contributed by atoms with Gasteiger partial charge >= 0.3 is 5.97 Å². The van der Waals surface area contributed by atoms with Gasteiger partial charge < -0.3 is 9.94 Å². The number of carbonyl (C=O) groups is 1. The van der Waals surface area contributed by atoms with Crippen molar-refractivity contribution in [1.29, 1.82) is 0 Å². The summed E-state index contributed by atoms with van der Waals surface area (Å²) < 4.78 is 0. The molecule has 0 saturated carbocycles. The molecule has 0 radical (unpaired) electrons. The molecule has 6 heteroatoms. The Hall–Kier alpha value is -1.85. The van der Waals surface area contributed by atoms with Crippen molar-refractivity contribution in [3.63, 3.8) is 0 Å². The summed E-state index contributed by atoms with van der Waals surface area (Å²) in [7, 11) is 0. The van der Waals surface area contributed by atoms with Crippen LogP contribution in [0.2, 0.25) is 0 Å². The van der Waals surface area contributed by atoms with E-state index in [0.29, 0.717) is 22.5 Å². The zero-order valence-corrected chi connectivity index (χ0v) is 13.6. The maximum Gasteiger partial charge on any atom is 0.363 e. The molecule has 1 unspecified atom stereocenters. The monoisotopic (exact) mass is 322 g/mol. The van der Waals surface area contributed by atoms with Gasteiger partial charge in [0.1, 0.15) is 6.04 Å². The van der Waals surface area contributed by atoms with Gasteiger partial charge in [-0.3, -0.25) is 4.99 Å². The van der Waals surface area contributed by atoms with E-state index in [4.69, 9.17) is 16.4 Å². The van der Waals surface area contributed by atoms with Gasteiger partial charge in [0.15, 0.2) is 0 Å². The first-order chi connectivity index (χ1) is 10.5. The molecule has 0 fully saturated rings. The zero-order chi connectivity index (χ0) is 16.3. The average molecular weight is 323 g/mol. The maximum absolute atomic E-state index is 12.4. The van der Waals surface area contributed by atoms with E-state index in [1.165, 1.54) is 5.06 Å². The molecule has 5 nitrogen and oxygen atoms in total. The van der Waals surface area contributed by atoms with Gasteiger partial charge in [0.05, 0.1) is 23.6 Å². The van der Waals surface area contributed by atoms with Crippen LogP contribution in [0.4, 0.5) is 0 Å². The van der Waals surface area contributed by atoms with Crippen LogP contribution in [0.3, 0.4) is 0 Å². The predicted molar refractivity (Wildman–Crippen MR) is 85.6 cm³/mol. The molecule has 22 heavy (non-hydrogen) atoms. The fourth-order valence-corrected chi connectivity index (χ4v) is 2.53. The number of rotatable bonds is 4. The summed E-state index contributed by atoms with van der Waals surface area (Å²) in [5.74, 6) is -0.278. The van der Waals surface area contributed by atoms with Gasteiger partial charge in [0, 0.05) is 11.6 Å². The summed E-state index contributed by atoms with van der Waals surface area (Å²) in [6.07, 6.45) is 0. The number of hydroxylamine groups is 2. The predicted octanol–water partition coefficient (Wildman–Crippen LogP) is 2.89. The van der Waals surface area contributed by atoms with Crippen molar-refractivity contribution in [1.82, 2.24) is 5.06 Å². The Kier molecular flexibility index (Phi) is 5.21. The van der Waals surface area contributed by atoms with Crippen LogP contribution in [-0.4, -0.2) is 34.5 Å². The second-order valence-electron chi connectivity index (χ2n) is 5.12. The summed E-state index contributed by atoms with van der Waals surface area (Å²) >= 11 is 5.86. The van der Waals surface area contributed by atoms with Gasteiger partial charge in [0.2, 0.25) is 0 Å². The molecule has 1 aliphatic heterocycles. The quantitative estimate of drug-likeness (QED) is 0.866. The highest BCUT2D eigenvalue weighted by atomic mass is 35.5. The summed E-state index contributed by atoms with van der Waals surface area (Å²) in [6.45, 7) is 5.24. The molecule has 1 aromatic rings. The molecule has 1 N–H and O–H groups in total. The molecular formula is C16H19ClN2O3. The molecule has 0 bridgehead atoms. The van der Waals surface area contributed by atoms with Gasteiger partial charge in [-0.15, -0.1) is 11.6 Å². The van der Waals surface area contributed by atoms with Crippen LogP contribution in [0.15, 0.2) is 40.7 Å². The molecule has 1 heterocycles. The van der Waals surface area contributed by atoms with Gasteiger partial charge in [-0.1, -0.05) is 18.2 Å². The van der Waals surface area contributed by atoms with Crippen molar-refractivity contribution >= 4 is 23.3 Å². The van der Waals surface area contributed by atoms with E-state index in [2.05, 4.69) is 4.99 Å². The first-order valence-corrected chi connectivity index (χ1v) is 7.52. The third kappa shape index (κ3) is 3.15. The normalized spacial score (nSPS) is 18.3. The van der Waals surface area contributed by atoms with E-state index in [9.17, 15) is 9.90 Å². The summed E-state index contributed by atoms with van der Waals surface area (Å²) in [6, 6.07) is 6.55. The number of aliphatic imine (C=N–C) groups is 1. The van der Waals surface area contributed by atoms with Crippen molar-refractivity contribution < 1.29 is 14.7 Å². The van der Waals surface area contributed by atoms with E-state index in [0.717, 1.165) is 5.70 Å². The lowest BCUT2D eigenvalue weighted by molar-refractivity contribution is -0.106. The smallest absolute Gasteiger partial charge is 0.363 e. The number of hydrogen-bond acceptors (Lipinski definition) is 5. The van der Waals surface area contributed by atoms with E-state index in [-0.39, 0.29) is 12.5 Å². The standard InChI is InChI=1S/C16H19ClN2O3/c1-10-12(3)19(15(9-20)11(2)18-10)22-16(21)14-7-5-4-6-13(14)8-17/h4-7,15,20H,8-9H2,1-3H3. The minimum Gasteiger partial charge on any atom is -0.394 e. The number of nitrogens with zero attached hydrogens (tertiary/aromatic N) is 2. The number of aliphatic hydroxyl groups excluding tert-OH is 1. The molecule has 2 rings (SSSR count). The molecule has 0 spiro atoms. The lowest BCUT2D eigenvalue weighted by Crippen LogP contribution is -2.45. The van der Waals surface area contributed by atoms with E-state index >= 15 is 0 Å². The molecule has 1 atom stereocenters. The Morgan fingerprint density at radius 2 is 2.05 bits per heavy atom. The van der Waals surface area contributed by atoms with Crippen LogP contribution in [0, 0.1) is 0 Å². The van der Waals surface area contributed by atoms with Gasteiger partial charge in [-0.25, -0.2) is 4.79 Å². The number of hydrogen-bond donors (Lipinski definition) is 1. The van der Waals surface area contributed by atoms with Crippen molar-refractivity contribution in [2.45, 2.75) is 32.7 Å². The van der Waals surface area contributed by atoms with Crippen LogP contribution < -0.4 is 0 Å². The number of alkyl halides is 1. The second-order valence-corrected chi connectivity index (χ2v) is 5.38. The minimum absolute atomic E-state index is 0.190.